The van der Waals surface area contributed by atoms with E-state index in [1.54, 1.807) is 0 Å². The van der Waals surface area contributed by atoms with Crippen LogP contribution in [-0.4, -0.2) is 57.1 Å². The van der Waals surface area contributed by atoms with Gasteiger partial charge < -0.3 is 24.8 Å². The number of alkyl carbamates (subject to hydrolysis) is 1. The zero-order valence-corrected chi connectivity index (χ0v) is 15.0. The Kier molecular flexibility index (Phi) is 12.6. The van der Waals surface area contributed by atoms with Crippen molar-refractivity contribution in [3.63, 3.8) is 0 Å². The zero-order chi connectivity index (χ0) is 18.3. The van der Waals surface area contributed by atoms with Crippen LogP contribution in [0.15, 0.2) is 0 Å². The molecule has 0 aromatic heterocycles. The molecule has 24 heavy (non-hydrogen) atoms. The highest BCUT2D eigenvalue weighted by Gasteiger charge is 2.14. The lowest BCUT2D eigenvalue weighted by Crippen LogP contribution is -2.41. The average molecular weight is 342 g/mol. The SMILES string of the molecule is C#CCCCC(=O)NCCOCCOCCOC(=O)NC(C)(C)C. The van der Waals surface area contributed by atoms with E-state index < -0.39 is 6.09 Å². The lowest BCUT2D eigenvalue weighted by molar-refractivity contribution is -0.121. The number of ether oxygens (including phenoxy) is 3. The van der Waals surface area contributed by atoms with E-state index in [-0.39, 0.29) is 18.1 Å². The van der Waals surface area contributed by atoms with Crippen LogP contribution in [-0.2, 0) is 19.0 Å². The third-order valence-electron chi connectivity index (χ3n) is 2.60. The van der Waals surface area contributed by atoms with Crippen LogP contribution in [0, 0.1) is 12.3 Å². The van der Waals surface area contributed by atoms with E-state index in [1.165, 1.54) is 0 Å². The molecule has 138 valence electrons. The molecule has 0 aromatic rings. The van der Waals surface area contributed by atoms with Gasteiger partial charge in [0, 0.05) is 24.9 Å². The molecule has 0 radical (unpaired) electrons. The number of hydrogen-bond acceptors (Lipinski definition) is 5. The third-order valence-corrected chi connectivity index (χ3v) is 2.60. The van der Waals surface area contributed by atoms with Crippen molar-refractivity contribution >= 4 is 12.0 Å². The van der Waals surface area contributed by atoms with Crippen LogP contribution in [0.2, 0.25) is 0 Å². The first-order valence-electron chi connectivity index (χ1n) is 8.16. The summed E-state index contributed by atoms with van der Waals surface area (Å²) in [6.45, 7) is 7.84. The summed E-state index contributed by atoms with van der Waals surface area (Å²) in [6.07, 6.45) is 6.41. The van der Waals surface area contributed by atoms with Gasteiger partial charge in [-0.25, -0.2) is 4.79 Å². The smallest absolute Gasteiger partial charge is 0.407 e. The molecule has 0 aliphatic heterocycles. The van der Waals surface area contributed by atoms with Gasteiger partial charge >= 0.3 is 6.09 Å². The fourth-order valence-corrected chi connectivity index (χ4v) is 1.56. The number of terminal acetylenes is 1. The second kappa shape index (κ2) is 13.6. The van der Waals surface area contributed by atoms with Crippen molar-refractivity contribution in [3.8, 4) is 12.3 Å². The lowest BCUT2D eigenvalue weighted by Gasteiger charge is -2.19. The first-order valence-corrected chi connectivity index (χ1v) is 8.16. The molecule has 0 atom stereocenters. The Morgan fingerprint density at radius 3 is 2.29 bits per heavy atom. The van der Waals surface area contributed by atoms with Crippen LogP contribution >= 0.6 is 0 Å². The average Bonchev–Trinajstić information content (AvgIpc) is 2.47. The highest BCUT2D eigenvalue weighted by molar-refractivity contribution is 5.75. The van der Waals surface area contributed by atoms with E-state index in [0.29, 0.717) is 52.2 Å². The number of carbonyl (C=O) groups is 2. The van der Waals surface area contributed by atoms with Crippen molar-refractivity contribution in [2.75, 3.05) is 39.6 Å². The van der Waals surface area contributed by atoms with Crippen molar-refractivity contribution in [2.24, 2.45) is 0 Å². The molecule has 0 aliphatic rings. The van der Waals surface area contributed by atoms with E-state index in [9.17, 15) is 9.59 Å². The van der Waals surface area contributed by atoms with E-state index >= 15 is 0 Å². The third kappa shape index (κ3) is 16.6. The fourth-order valence-electron chi connectivity index (χ4n) is 1.56. The van der Waals surface area contributed by atoms with Crippen LogP contribution in [0.25, 0.3) is 0 Å². The predicted molar refractivity (Wildman–Crippen MR) is 91.6 cm³/mol. The van der Waals surface area contributed by atoms with Gasteiger partial charge in [-0.1, -0.05) is 0 Å². The van der Waals surface area contributed by atoms with Crippen LogP contribution in [0.1, 0.15) is 40.0 Å². The molecule has 7 heteroatoms. The van der Waals surface area contributed by atoms with Gasteiger partial charge in [-0.05, 0) is 27.2 Å². The van der Waals surface area contributed by atoms with Crippen molar-refractivity contribution in [1.29, 1.82) is 0 Å². The van der Waals surface area contributed by atoms with Crippen LogP contribution in [0.3, 0.4) is 0 Å². The normalized spacial score (nSPS) is 10.8. The monoisotopic (exact) mass is 342 g/mol. The van der Waals surface area contributed by atoms with Crippen molar-refractivity contribution < 1.29 is 23.8 Å². The predicted octanol–water partition coefficient (Wildman–Crippen LogP) is 1.46. The molecular formula is C17H30N2O5. The topological polar surface area (TPSA) is 85.9 Å². The van der Waals surface area contributed by atoms with E-state index in [2.05, 4.69) is 16.6 Å². The Bertz CT molecular complexity index is 399. The zero-order valence-electron chi connectivity index (χ0n) is 15.0. The van der Waals surface area contributed by atoms with Crippen LogP contribution in [0.4, 0.5) is 4.79 Å². The summed E-state index contributed by atoms with van der Waals surface area (Å²) < 4.78 is 15.5. The molecular weight excluding hydrogens is 312 g/mol. The summed E-state index contributed by atoms with van der Waals surface area (Å²) in [5.41, 5.74) is -0.317. The van der Waals surface area contributed by atoms with Gasteiger partial charge in [0.15, 0.2) is 0 Å². The standard InChI is InChI=1S/C17H30N2O5/c1-5-6-7-8-15(20)18-9-10-22-11-12-23-13-14-24-16(21)19-17(2,3)4/h1H,6-14H2,2-4H3,(H,18,20)(H,19,21). The van der Waals surface area contributed by atoms with Crippen molar-refractivity contribution in [1.82, 2.24) is 10.6 Å². The maximum atomic E-state index is 11.4. The number of carbonyl (C=O) groups excluding carboxylic acids is 2. The Morgan fingerprint density at radius 1 is 1.04 bits per heavy atom. The quantitative estimate of drug-likeness (QED) is 0.414. The van der Waals surface area contributed by atoms with E-state index in [0.717, 1.165) is 0 Å². The first kappa shape index (κ1) is 22.2. The van der Waals surface area contributed by atoms with Gasteiger partial charge in [-0.3, -0.25) is 4.79 Å². The van der Waals surface area contributed by atoms with Crippen LogP contribution < -0.4 is 10.6 Å². The molecule has 0 heterocycles. The number of amides is 2. The van der Waals surface area contributed by atoms with Gasteiger partial charge in [0.25, 0.3) is 0 Å². The fraction of sp³-hybridized carbons (Fsp3) is 0.765. The number of hydrogen-bond donors (Lipinski definition) is 2. The lowest BCUT2D eigenvalue weighted by atomic mass is 10.1. The summed E-state index contributed by atoms with van der Waals surface area (Å²) in [5.74, 6) is 2.48. The molecule has 2 amide bonds. The minimum atomic E-state index is -0.458. The van der Waals surface area contributed by atoms with Crippen LogP contribution in [0.5, 0.6) is 0 Å². The van der Waals surface area contributed by atoms with Crippen molar-refractivity contribution in [3.05, 3.63) is 0 Å². The number of nitrogens with one attached hydrogen (secondary N) is 2. The number of unbranched alkanes of at least 4 members (excludes halogenated alkanes) is 1. The first-order chi connectivity index (χ1) is 11.3. The minimum Gasteiger partial charge on any atom is -0.447 e. The Morgan fingerprint density at radius 2 is 1.67 bits per heavy atom. The summed E-state index contributed by atoms with van der Waals surface area (Å²) >= 11 is 0. The summed E-state index contributed by atoms with van der Waals surface area (Å²) in [7, 11) is 0. The Hall–Kier alpha value is -1.78. The molecule has 0 aliphatic carbocycles. The molecule has 0 spiro atoms. The molecule has 0 fully saturated rings. The largest absolute Gasteiger partial charge is 0.447 e. The van der Waals surface area contributed by atoms with Gasteiger partial charge in [-0.15, -0.1) is 12.3 Å². The van der Waals surface area contributed by atoms with Gasteiger partial charge in [0.2, 0.25) is 5.91 Å². The molecule has 0 aromatic carbocycles. The Balaban J connectivity index is 3.30. The summed E-state index contributed by atoms with van der Waals surface area (Å²) in [5, 5.41) is 5.43. The molecule has 0 bridgehead atoms. The second-order valence-electron chi connectivity index (χ2n) is 6.14. The maximum Gasteiger partial charge on any atom is 0.407 e. The van der Waals surface area contributed by atoms with Crippen molar-refractivity contribution in [2.45, 2.75) is 45.6 Å². The summed E-state index contributed by atoms with van der Waals surface area (Å²) in [4.78, 5) is 22.7. The molecule has 2 N–H and O–H groups in total. The summed E-state index contributed by atoms with van der Waals surface area (Å²) in [6, 6.07) is 0. The van der Waals surface area contributed by atoms with E-state index in [1.807, 2.05) is 20.8 Å². The molecule has 0 saturated carbocycles. The molecule has 0 rings (SSSR count). The molecule has 7 nitrogen and oxygen atoms in total. The van der Waals surface area contributed by atoms with Gasteiger partial charge in [0.05, 0.1) is 26.4 Å². The second-order valence-corrected chi connectivity index (χ2v) is 6.14. The maximum absolute atomic E-state index is 11.4. The van der Waals surface area contributed by atoms with E-state index in [4.69, 9.17) is 20.6 Å². The minimum absolute atomic E-state index is 0.0178. The molecule has 0 unspecified atom stereocenters. The van der Waals surface area contributed by atoms with Gasteiger partial charge in [0.1, 0.15) is 6.61 Å². The highest BCUT2D eigenvalue weighted by atomic mass is 16.6. The van der Waals surface area contributed by atoms with Gasteiger partial charge in [-0.2, -0.15) is 0 Å². The molecule has 0 saturated heterocycles. The highest BCUT2D eigenvalue weighted by Crippen LogP contribution is 1.98. The Labute approximate surface area is 144 Å². The number of rotatable bonds is 12.